The number of halogens is 1. The predicted octanol–water partition coefficient (Wildman–Crippen LogP) is 1.25. The van der Waals surface area contributed by atoms with E-state index in [1.165, 1.54) is 0 Å². The van der Waals surface area contributed by atoms with Crippen LogP contribution in [0.5, 0.6) is 5.75 Å². The summed E-state index contributed by atoms with van der Waals surface area (Å²) in [7, 11) is 1.74. The molecule has 1 aromatic rings. The van der Waals surface area contributed by atoms with Crippen molar-refractivity contribution in [2.45, 2.75) is 25.8 Å². The predicted molar refractivity (Wildman–Crippen MR) is 105 cm³/mol. The molecule has 2 rings (SSSR count). The second-order valence-corrected chi connectivity index (χ2v) is 5.36. The molecule has 0 bridgehead atoms. The van der Waals surface area contributed by atoms with Crippen LogP contribution in [-0.2, 0) is 4.79 Å². The van der Waals surface area contributed by atoms with E-state index in [0.29, 0.717) is 19.6 Å². The summed E-state index contributed by atoms with van der Waals surface area (Å²) in [5.74, 6) is 1.69. The van der Waals surface area contributed by atoms with Gasteiger partial charge in [0.1, 0.15) is 12.4 Å². The molecular formula is C16H26IN5O2. The summed E-state index contributed by atoms with van der Waals surface area (Å²) < 4.78 is 5.57. The van der Waals surface area contributed by atoms with E-state index < -0.39 is 0 Å². The fourth-order valence-corrected chi connectivity index (χ4v) is 2.49. The highest BCUT2D eigenvalue weighted by atomic mass is 127. The Morgan fingerprint density at radius 1 is 1.54 bits per heavy atom. The van der Waals surface area contributed by atoms with Gasteiger partial charge in [0.2, 0.25) is 5.91 Å². The summed E-state index contributed by atoms with van der Waals surface area (Å²) in [4.78, 5) is 21.8. The number of carbonyl (C=O) groups excluding carboxylic acids is 1. The maximum absolute atomic E-state index is 11.7. The van der Waals surface area contributed by atoms with Crippen molar-refractivity contribution in [3.8, 4) is 5.75 Å². The van der Waals surface area contributed by atoms with Crippen molar-refractivity contribution in [2.24, 2.45) is 4.99 Å². The minimum absolute atomic E-state index is 0. The first-order valence-electron chi connectivity index (χ1n) is 8.00. The van der Waals surface area contributed by atoms with Crippen LogP contribution in [0.2, 0.25) is 0 Å². The van der Waals surface area contributed by atoms with E-state index in [1.54, 1.807) is 19.4 Å². The Balaban J connectivity index is 0.00000288. The molecule has 7 nitrogen and oxygen atoms in total. The number of nitrogens with zero attached hydrogens (tertiary/aromatic N) is 3. The van der Waals surface area contributed by atoms with Crippen molar-refractivity contribution in [2.75, 3.05) is 33.3 Å². The topological polar surface area (TPSA) is 78.9 Å². The summed E-state index contributed by atoms with van der Waals surface area (Å²) in [6.07, 6.45) is 4.90. The summed E-state index contributed by atoms with van der Waals surface area (Å²) in [5, 5.41) is 6.56. The molecule has 0 aromatic carbocycles. The first-order valence-corrected chi connectivity index (χ1v) is 8.00. The van der Waals surface area contributed by atoms with E-state index in [1.807, 2.05) is 24.0 Å². The number of carbonyl (C=O) groups is 1. The molecule has 24 heavy (non-hydrogen) atoms. The number of hydrogen-bond acceptors (Lipinski definition) is 4. The number of pyridine rings is 1. The number of amides is 1. The highest BCUT2D eigenvalue weighted by Crippen LogP contribution is 2.10. The number of likely N-dealkylation sites (tertiary alicyclic amines) is 1. The molecule has 0 radical (unpaired) electrons. The Morgan fingerprint density at radius 3 is 3.04 bits per heavy atom. The molecule has 0 spiro atoms. The zero-order valence-corrected chi connectivity index (χ0v) is 16.5. The van der Waals surface area contributed by atoms with Gasteiger partial charge < -0.3 is 20.3 Å². The molecule has 8 heteroatoms. The maximum Gasteiger partial charge on any atom is 0.222 e. The standard InChI is InChI=1S/C16H25N5O2.HI/c1-3-15(22)21-9-6-13(12-21)20-16(17-2)19-8-10-23-14-5-4-7-18-11-14;/h4-5,7,11,13H,3,6,8-10,12H2,1-2H3,(H2,17,19,20);1H. The summed E-state index contributed by atoms with van der Waals surface area (Å²) in [6.45, 7) is 4.60. The molecule has 134 valence electrons. The quantitative estimate of drug-likeness (QED) is 0.297. The summed E-state index contributed by atoms with van der Waals surface area (Å²) >= 11 is 0. The highest BCUT2D eigenvalue weighted by Gasteiger charge is 2.25. The van der Waals surface area contributed by atoms with Crippen molar-refractivity contribution in [1.29, 1.82) is 0 Å². The zero-order valence-electron chi connectivity index (χ0n) is 14.2. The highest BCUT2D eigenvalue weighted by molar-refractivity contribution is 14.0. The number of ether oxygens (including phenoxy) is 1. The van der Waals surface area contributed by atoms with E-state index in [-0.39, 0.29) is 35.9 Å². The van der Waals surface area contributed by atoms with Gasteiger partial charge in [-0.15, -0.1) is 24.0 Å². The van der Waals surface area contributed by atoms with Gasteiger partial charge >= 0.3 is 0 Å². The van der Waals surface area contributed by atoms with Crippen LogP contribution < -0.4 is 15.4 Å². The van der Waals surface area contributed by atoms with Crippen molar-refractivity contribution >= 4 is 35.8 Å². The van der Waals surface area contributed by atoms with Crippen LogP contribution in [0, 0.1) is 0 Å². The van der Waals surface area contributed by atoms with E-state index in [9.17, 15) is 4.79 Å². The minimum Gasteiger partial charge on any atom is -0.490 e. The Labute approximate surface area is 160 Å². The number of hydrogen-bond donors (Lipinski definition) is 2. The third-order valence-electron chi connectivity index (χ3n) is 3.71. The van der Waals surface area contributed by atoms with Crippen LogP contribution in [0.25, 0.3) is 0 Å². The second kappa shape index (κ2) is 11.1. The van der Waals surface area contributed by atoms with Crippen molar-refractivity contribution in [1.82, 2.24) is 20.5 Å². The van der Waals surface area contributed by atoms with Crippen LogP contribution in [-0.4, -0.2) is 61.1 Å². The minimum atomic E-state index is 0. The smallest absolute Gasteiger partial charge is 0.222 e. The van der Waals surface area contributed by atoms with Crippen LogP contribution in [0.4, 0.5) is 0 Å². The molecule has 1 unspecified atom stereocenters. The van der Waals surface area contributed by atoms with Crippen LogP contribution >= 0.6 is 24.0 Å². The molecule has 2 N–H and O–H groups in total. The zero-order chi connectivity index (χ0) is 16.5. The van der Waals surface area contributed by atoms with E-state index in [2.05, 4.69) is 20.6 Å². The number of nitrogens with one attached hydrogen (secondary N) is 2. The Morgan fingerprint density at radius 2 is 2.38 bits per heavy atom. The molecule has 1 fully saturated rings. The number of rotatable bonds is 6. The lowest BCUT2D eigenvalue weighted by atomic mass is 10.3. The van der Waals surface area contributed by atoms with E-state index in [4.69, 9.17) is 4.74 Å². The van der Waals surface area contributed by atoms with Gasteiger partial charge in [0.15, 0.2) is 5.96 Å². The van der Waals surface area contributed by atoms with Crippen LogP contribution in [0.1, 0.15) is 19.8 Å². The largest absolute Gasteiger partial charge is 0.490 e. The molecule has 1 amide bonds. The van der Waals surface area contributed by atoms with Crippen LogP contribution in [0.15, 0.2) is 29.5 Å². The summed E-state index contributed by atoms with van der Waals surface area (Å²) in [5.41, 5.74) is 0. The Kier molecular flexibility index (Phi) is 9.43. The fourth-order valence-electron chi connectivity index (χ4n) is 2.49. The molecule has 1 saturated heterocycles. The van der Waals surface area contributed by atoms with Crippen molar-refractivity contribution in [3.63, 3.8) is 0 Å². The SMILES string of the molecule is CCC(=O)N1CCC(NC(=NC)NCCOc2cccnc2)C1.I. The van der Waals surface area contributed by atoms with Gasteiger partial charge in [0.25, 0.3) is 0 Å². The average Bonchev–Trinajstić information content (AvgIpc) is 3.06. The molecule has 0 saturated carbocycles. The maximum atomic E-state index is 11.7. The average molecular weight is 447 g/mol. The number of guanidine groups is 1. The third-order valence-corrected chi connectivity index (χ3v) is 3.71. The lowest BCUT2D eigenvalue weighted by Crippen LogP contribution is -2.46. The first-order chi connectivity index (χ1) is 11.2. The lowest BCUT2D eigenvalue weighted by molar-refractivity contribution is -0.129. The third kappa shape index (κ3) is 6.50. The van der Waals surface area contributed by atoms with E-state index in [0.717, 1.165) is 31.2 Å². The fraction of sp³-hybridized carbons (Fsp3) is 0.562. The second-order valence-electron chi connectivity index (χ2n) is 5.36. The first kappa shape index (κ1) is 20.5. The van der Waals surface area contributed by atoms with Gasteiger partial charge in [0.05, 0.1) is 12.7 Å². The van der Waals surface area contributed by atoms with Gasteiger partial charge in [0, 0.05) is 38.8 Å². The Hall–Kier alpha value is -1.58. The molecule has 1 aliphatic heterocycles. The van der Waals surface area contributed by atoms with Gasteiger partial charge in [-0.05, 0) is 18.6 Å². The molecule has 1 atom stereocenters. The van der Waals surface area contributed by atoms with Gasteiger partial charge in [-0.25, -0.2) is 0 Å². The van der Waals surface area contributed by atoms with Gasteiger partial charge in [-0.2, -0.15) is 0 Å². The number of aromatic nitrogens is 1. The molecular weight excluding hydrogens is 421 g/mol. The Bertz CT molecular complexity index is 526. The monoisotopic (exact) mass is 447 g/mol. The van der Waals surface area contributed by atoms with Gasteiger partial charge in [-0.3, -0.25) is 14.8 Å². The van der Waals surface area contributed by atoms with Crippen molar-refractivity contribution in [3.05, 3.63) is 24.5 Å². The molecule has 1 aliphatic rings. The molecule has 1 aromatic heterocycles. The van der Waals surface area contributed by atoms with E-state index >= 15 is 0 Å². The van der Waals surface area contributed by atoms with Crippen LogP contribution in [0.3, 0.4) is 0 Å². The molecule has 2 heterocycles. The van der Waals surface area contributed by atoms with Gasteiger partial charge in [-0.1, -0.05) is 6.92 Å². The summed E-state index contributed by atoms with van der Waals surface area (Å²) in [6, 6.07) is 3.96. The molecule has 0 aliphatic carbocycles. The normalized spacial score (nSPS) is 17.2. The van der Waals surface area contributed by atoms with Crippen molar-refractivity contribution < 1.29 is 9.53 Å². The lowest BCUT2D eigenvalue weighted by Gasteiger charge is -2.18. The number of aliphatic imine (C=N–C) groups is 1.